The van der Waals surface area contributed by atoms with Crippen LogP contribution in [-0.4, -0.2) is 23.2 Å². The van der Waals surface area contributed by atoms with E-state index in [0.717, 1.165) is 16.9 Å². The highest BCUT2D eigenvalue weighted by Gasteiger charge is 2.14. The summed E-state index contributed by atoms with van der Waals surface area (Å²) in [7, 11) is 1.40. The van der Waals surface area contributed by atoms with Crippen molar-refractivity contribution in [2.24, 2.45) is 0 Å². The van der Waals surface area contributed by atoms with Crippen LogP contribution in [0.5, 0.6) is 11.6 Å². The van der Waals surface area contributed by atoms with E-state index in [2.05, 4.69) is 4.98 Å². The Bertz CT molecular complexity index is 861. The zero-order chi connectivity index (χ0) is 17.6. The van der Waals surface area contributed by atoms with E-state index in [4.69, 9.17) is 9.47 Å². The van der Waals surface area contributed by atoms with Crippen LogP contribution in [0.3, 0.4) is 0 Å². The molecule has 0 spiro atoms. The summed E-state index contributed by atoms with van der Waals surface area (Å²) in [4.78, 5) is 15.4. The minimum atomic E-state index is -1.07. The van der Waals surface area contributed by atoms with Crippen molar-refractivity contribution >= 4 is 5.97 Å². The molecule has 1 N–H and O–H groups in total. The molecular formula is C20H17NO4. The number of rotatable bonds is 6. The number of hydrogen-bond acceptors (Lipinski definition) is 4. The number of carbonyl (C=O) groups is 1. The summed E-state index contributed by atoms with van der Waals surface area (Å²) in [6.07, 6.45) is 1.59. The number of pyridine rings is 1. The molecule has 0 fully saturated rings. The highest BCUT2D eigenvalue weighted by molar-refractivity contribution is 5.91. The summed E-state index contributed by atoms with van der Waals surface area (Å²) in [5, 5.41) is 9.25. The van der Waals surface area contributed by atoms with Crippen LogP contribution in [0.1, 0.15) is 15.9 Å². The number of aromatic carboxylic acids is 1. The second-order valence-electron chi connectivity index (χ2n) is 5.38. The molecule has 0 aliphatic rings. The maximum atomic E-state index is 11.3. The first kappa shape index (κ1) is 16.5. The minimum absolute atomic E-state index is 0.0319. The maximum absolute atomic E-state index is 11.3. The van der Waals surface area contributed by atoms with Crippen molar-refractivity contribution in [3.05, 3.63) is 78.0 Å². The first-order valence-corrected chi connectivity index (χ1v) is 7.72. The average molecular weight is 335 g/mol. The second-order valence-corrected chi connectivity index (χ2v) is 5.38. The third-order valence-electron chi connectivity index (χ3n) is 3.71. The molecule has 1 aromatic heterocycles. The molecule has 0 atom stereocenters. The van der Waals surface area contributed by atoms with Gasteiger partial charge in [0.1, 0.15) is 17.9 Å². The van der Waals surface area contributed by atoms with Gasteiger partial charge in [-0.2, -0.15) is 0 Å². The number of aromatic nitrogens is 1. The van der Waals surface area contributed by atoms with E-state index < -0.39 is 5.97 Å². The Morgan fingerprint density at radius 3 is 2.40 bits per heavy atom. The number of benzene rings is 2. The molecule has 1 heterocycles. The second kappa shape index (κ2) is 7.49. The van der Waals surface area contributed by atoms with Gasteiger partial charge in [-0.05, 0) is 29.3 Å². The topological polar surface area (TPSA) is 68.7 Å². The summed E-state index contributed by atoms with van der Waals surface area (Å²) in [5.41, 5.74) is 2.68. The molecule has 0 amide bonds. The van der Waals surface area contributed by atoms with Gasteiger partial charge in [0.15, 0.2) is 0 Å². The van der Waals surface area contributed by atoms with Crippen molar-refractivity contribution in [1.82, 2.24) is 4.98 Å². The highest BCUT2D eigenvalue weighted by Crippen LogP contribution is 2.26. The van der Waals surface area contributed by atoms with Crippen LogP contribution in [0.25, 0.3) is 11.1 Å². The average Bonchev–Trinajstić information content (AvgIpc) is 2.67. The Morgan fingerprint density at radius 1 is 1.04 bits per heavy atom. The summed E-state index contributed by atoms with van der Waals surface area (Å²) in [5.74, 6) is -0.236. The Morgan fingerprint density at radius 2 is 1.76 bits per heavy atom. The van der Waals surface area contributed by atoms with Gasteiger partial charge in [-0.3, -0.25) is 0 Å². The fourth-order valence-corrected chi connectivity index (χ4v) is 2.41. The van der Waals surface area contributed by atoms with Crippen LogP contribution in [-0.2, 0) is 6.61 Å². The van der Waals surface area contributed by atoms with E-state index in [9.17, 15) is 9.90 Å². The normalized spacial score (nSPS) is 10.3. The van der Waals surface area contributed by atoms with Crippen molar-refractivity contribution in [1.29, 1.82) is 0 Å². The number of hydrogen-bond donors (Lipinski definition) is 1. The van der Waals surface area contributed by atoms with E-state index in [1.54, 1.807) is 12.3 Å². The molecule has 0 saturated heterocycles. The fraction of sp³-hybridized carbons (Fsp3) is 0.100. The summed E-state index contributed by atoms with van der Waals surface area (Å²) >= 11 is 0. The molecule has 0 bridgehead atoms. The van der Waals surface area contributed by atoms with Gasteiger partial charge >= 0.3 is 5.97 Å². The monoisotopic (exact) mass is 335 g/mol. The predicted molar refractivity (Wildman–Crippen MR) is 94.0 cm³/mol. The van der Waals surface area contributed by atoms with Gasteiger partial charge in [-0.25, -0.2) is 9.78 Å². The number of nitrogens with zero attached hydrogens (tertiary/aromatic N) is 1. The number of carboxylic acid groups (broad SMARTS) is 1. The van der Waals surface area contributed by atoms with Crippen LogP contribution in [0.2, 0.25) is 0 Å². The van der Waals surface area contributed by atoms with Crippen LogP contribution < -0.4 is 9.47 Å². The number of ether oxygens (including phenoxy) is 2. The van der Waals surface area contributed by atoms with Crippen LogP contribution in [0.15, 0.2) is 66.9 Å². The van der Waals surface area contributed by atoms with Crippen LogP contribution in [0.4, 0.5) is 0 Å². The smallest absolute Gasteiger partial charge is 0.341 e. The molecule has 3 aromatic rings. The molecule has 0 aliphatic heterocycles. The van der Waals surface area contributed by atoms with Gasteiger partial charge in [-0.1, -0.05) is 42.5 Å². The minimum Gasteiger partial charge on any atom is -0.489 e. The Labute approximate surface area is 145 Å². The van der Waals surface area contributed by atoms with Crippen LogP contribution >= 0.6 is 0 Å². The van der Waals surface area contributed by atoms with E-state index in [1.165, 1.54) is 7.11 Å². The molecule has 5 heteroatoms. The quantitative estimate of drug-likeness (QED) is 0.736. The van der Waals surface area contributed by atoms with E-state index in [1.807, 2.05) is 54.6 Å². The zero-order valence-electron chi connectivity index (χ0n) is 13.7. The predicted octanol–water partition coefficient (Wildman–Crippen LogP) is 4.03. The van der Waals surface area contributed by atoms with Gasteiger partial charge in [0.2, 0.25) is 5.88 Å². The van der Waals surface area contributed by atoms with E-state index in [-0.39, 0.29) is 11.4 Å². The fourth-order valence-electron chi connectivity index (χ4n) is 2.41. The standard InChI is InChI=1S/C20H17NO4/c1-24-19-18(20(22)23)11-16(12-21-19)15-7-9-17(10-8-15)25-13-14-5-3-2-4-6-14/h2-12H,13H2,1H3,(H,22,23). The lowest BCUT2D eigenvalue weighted by atomic mass is 10.1. The Balaban J connectivity index is 1.76. The van der Waals surface area contributed by atoms with Crippen molar-refractivity contribution in [3.8, 4) is 22.8 Å². The molecule has 25 heavy (non-hydrogen) atoms. The Kier molecular flexibility index (Phi) is 4.95. The largest absolute Gasteiger partial charge is 0.489 e. The van der Waals surface area contributed by atoms with Gasteiger partial charge < -0.3 is 14.6 Å². The highest BCUT2D eigenvalue weighted by atomic mass is 16.5. The van der Waals surface area contributed by atoms with Crippen molar-refractivity contribution in [3.63, 3.8) is 0 Å². The SMILES string of the molecule is COc1ncc(-c2ccc(OCc3ccccc3)cc2)cc1C(=O)O. The maximum Gasteiger partial charge on any atom is 0.341 e. The lowest BCUT2D eigenvalue weighted by molar-refractivity contribution is 0.0692. The molecule has 0 aliphatic carbocycles. The molecule has 3 rings (SSSR count). The summed E-state index contributed by atoms with van der Waals surface area (Å²) in [6, 6.07) is 18.9. The van der Waals surface area contributed by atoms with Crippen molar-refractivity contribution in [2.45, 2.75) is 6.61 Å². The van der Waals surface area contributed by atoms with Gasteiger partial charge in [0.25, 0.3) is 0 Å². The van der Waals surface area contributed by atoms with E-state index in [0.29, 0.717) is 12.2 Å². The third-order valence-corrected chi connectivity index (χ3v) is 3.71. The summed E-state index contributed by atoms with van der Waals surface area (Å²) < 4.78 is 10.7. The first-order valence-electron chi connectivity index (χ1n) is 7.72. The van der Waals surface area contributed by atoms with Crippen LogP contribution in [0, 0.1) is 0 Å². The number of methoxy groups -OCH3 is 1. The molecule has 5 nitrogen and oxygen atoms in total. The van der Waals surface area contributed by atoms with Gasteiger partial charge in [0, 0.05) is 11.8 Å². The summed E-state index contributed by atoms with van der Waals surface area (Å²) in [6.45, 7) is 0.493. The van der Waals surface area contributed by atoms with E-state index >= 15 is 0 Å². The Hall–Kier alpha value is -3.34. The lowest BCUT2D eigenvalue weighted by Crippen LogP contribution is -2.02. The third kappa shape index (κ3) is 3.95. The van der Waals surface area contributed by atoms with Gasteiger partial charge in [-0.15, -0.1) is 0 Å². The molecule has 0 unspecified atom stereocenters. The number of carboxylic acids is 1. The molecule has 2 aromatic carbocycles. The zero-order valence-corrected chi connectivity index (χ0v) is 13.7. The molecular weight excluding hydrogens is 318 g/mol. The van der Waals surface area contributed by atoms with Crippen molar-refractivity contribution in [2.75, 3.05) is 7.11 Å². The molecule has 0 radical (unpaired) electrons. The molecule has 126 valence electrons. The van der Waals surface area contributed by atoms with Crippen molar-refractivity contribution < 1.29 is 19.4 Å². The first-order chi connectivity index (χ1) is 12.2. The van der Waals surface area contributed by atoms with Gasteiger partial charge in [0.05, 0.1) is 7.11 Å². The lowest BCUT2D eigenvalue weighted by Gasteiger charge is -2.09. The molecule has 0 saturated carbocycles.